The van der Waals surface area contributed by atoms with Gasteiger partial charge in [0.15, 0.2) is 0 Å². The van der Waals surface area contributed by atoms with E-state index in [2.05, 4.69) is 0 Å². The van der Waals surface area contributed by atoms with E-state index in [-0.39, 0.29) is 11.5 Å². The van der Waals surface area contributed by atoms with E-state index in [1.165, 1.54) is 0 Å². The molecule has 136 valence electrons. The maximum Gasteiger partial charge on any atom is 0.673 e. The van der Waals surface area contributed by atoms with Crippen molar-refractivity contribution < 1.29 is 31.9 Å². The maximum atomic E-state index is 9.75. The Balaban J connectivity index is 0.000000431. The van der Waals surface area contributed by atoms with Crippen molar-refractivity contribution in [3.05, 3.63) is 66.4 Å². The van der Waals surface area contributed by atoms with Crippen molar-refractivity contribution >= 4 is 7.25 Å². The average Bonchev–Trinajstić information content (AvgIpc) is 2.54. The van der Waals surface area contributed by atoms with Crippen LogP contribution in [-0.4, -0.2) is 17.5 Å². The number of hydrogen-bond acceptors (Lipinski definition) is 2. The molecule has 2 aromatic carbocycles. The summed E-state index contributed by atoms with van der Waals surface area (Å²) in [6.45, 7) is 1.90. The molecule has 0 saturated heterocycles. The van der Waals surface area contributed by atoms with Crippen LogP contribution in [-0.2, 0) is 0 Å². The van der Waals surface area contributed by atoms with Crippen LogP contribution in [0.4, 0.5) is 17.3 Å². The largest absolute Gasteiger partial charge is 0.673 e. The number of benzene rings is 2. The molecule has 3 aromatic rings. The smallest absolute Gasteiger partial charge is 0.508 e. The van der Waals surface area contributed by atoms with Crippen molar-refractivity contribution in [2.45, 2.75) is 6.92 Å². The quantitative estimate of drug-likeness (QED) is 0.337. The molecule has 0 aliphatic rings. The lowest BCUT2D eigenvalue weighted by Crippen LogP contribution is -2.02. The predicted octanol–water partition coefficient (Wildman–Crippen LogP) is 5.91. The van der Waals surface area contributed by atoms with Gasteiger partial charge in [-0.1, -0.05) is 12.1 Å². The van der Waals surface area contributed by atoms with E-state index in [1.54, 1.807) is 24.3 Å². The minimum atomic E-state index is -6.00. The zero-order valence-electron chi connectivity index (χ0n) is 13.7. The van der Waals surface area contributed by atoms with E-state index in [0.717, 1.165) is 28.2 Å². The number of phenolic OH excluding ortho intramolecular Hbond substituents is 2. The maximum absolute atomic E-state index is 9.75. The van der Waals surface area contributed by atoms with Gasteiger partial charge in [0.2, 0.25) is 0 Å². The van der Waals surface area contributed by atoms with E-state index < -0.39 is 7.25 Å². The molecule has 2 N–H and O–H groups in total. The van der Waals surface area contributed by atoms with Gasteiger partial charge in [-0.3, -0.25) is 0 Å². The topological polar surface area (TPSA) is 51.8 Å². The van der Waals surface area contributed by atoms with Gasteiger partial charge in [0.05, 0.1) is 18.6 Å². The van der Waals surface area contributed by atoms with E-state index in [1.807, 2.05) is 43.3 Å². The van der Waals surface area contributed by atoms with Crippen molar-refractivity contribution in [1.82, 2.24) is 0 Å². The first kappa shape index (κ1) is 19.3. The van der Waals surface area contributed by atoms with Crippen LogP contribution in [0, 0.1) is 6.92 Å². The molecule has 3 rings (SSSR count). The Labute approximate surface area is 147 Å². The molecule has 0 bridgehead atoms. The molecular formula is C18H15BF4O3. The van der Waals surface area contributed by atoms with Crippen molar-refractivity contribution in [3.63, 3.8) is 0 Å². The van der Waals surface area contributed by atoms with Crippen LogP contribution in [0.3, 0.4) is 0 Å². The van der Waals surface area contributed by atoms with Crippen molar-refractivity contribution in [3.8, 4) is 33.9 Å². The normalized spacial score (nSPS) is 10.8. The van der Waals surface area contributed by atoms with Crippen LogP contribution in [0.25, 0.3) is 22.5 Å². The van der Waals surface area contributed by atoms with Crippen LogP contribution in [0.5, 0.6) is 11.5 Å². The molecule has 1 aromatic heterocycles. The highest BCUT2D eigenvalue weighted by Crippen LogP contribution is 2.29. The summed E-state index contributed by atoms with van der Waals surface area (Å²) in [4.78, 5) is 0. The van der Waals surface area contributed by atoms with Gasteiger partial charge >= 0.3 is 18.8 Å². The second-order valence-corrected chi connectivity index (χ2v) is 5.41. The van der Waals surface area contributed by atoms with E-state index >= 15 is 0 Å². The lowest BCUT2D eigenvalue weighted by atomic mass is 10.0. The fourth-order valence-corrected chi connectivity index (χ4v) is 2.22. The summed E-state index contributed by atoms with van der Waals surface area (Å²) >= 11 is 0. The molecule has 0 unspecified atom stereocenters. The summed E-state index contributed by atoms with van der Waals surface area (Å²) < 4.78 is 44.8. The molecular weight excluding hydrogens is 351 g/mol. The molecule has 0 amide bonds. The van der Waals surface area contributed by atoms with Gasteiger partial charge in [-0.25, -0.2) is 4.42 Å². The van der Waals surface area contributed by atoms with Crippen LogP contribution in [0.1, 0.15) is 5.76 Å². The SMILES string of the molecule is Cc1cc(-c2ccc(O)cc2)cc(-c2ccc(O)cc2)[o+]1.F[B-](F)(F)F. The van der Waals surface area contributed by atoms with Crippen LogP contribution >= 0.6 is 0 Å². The van der Waals surface area contributed by atoms with Gasteiger partial charge in [-0.05, 0) is 42.0 Å². The number of hydrogen-bond donors (Lipinski definition) is 2. The van der Waals surface area contributed by atoms with Crippen LogP contribution in [0.15, 0.2) is 65.1 Å². The van der Waals surface area contributed by atoms with Gasteiger partial charge in [0.1, 0.15) is 11.5 Å². The molecule has 0 fully saturated rings. The fourth-order valence-electron chi connectivity index (χ4n) is 2.22. The Bertz CT molecular complexity index is 793. The highest BCUT2D eigenvalue weighted by atomic mass is 19.5. The first-order chi connectivity index (χ1) is 12.1. The Morgan fingerprint density at radius 2 is 1.12 bits per heavy atom. The minimum absolute atomic E-state index is 0.227. The molecule has 8 heteroatoms. The third-order valence-corrected chi connectivity index (χ3v) is 3.27. The first-order valence-corrected chi connectivity index (χ1v) is 7.53. The monoisotopic (exact) mass is 366 g/mol. The summed E-state index contributed by atoms with van der Waals surface area (Å²) in [5.74, 6) is 2.00. The fraction of sp³-hybridized carbons (Fsp3) is 0.0556. The molecule has 0 aliphatic carbocycles. The molecule has 1 heterocycles. The molecule has 0 atom stereocenters. The number of aromatic hydroxyl groups is 2. The van der Waals surface area contributed by atoms with Gasteiger partial charge < -0.3 is 27.5 Å². The van der Waals surface area contributed by atoms with Crippen LogP contribution in [0.2, 0.25) is 0 Å². The summed E-state index contributed by atoms with van der Waals surface area (Å²) in [7, 11) is -6.00. The molecule has 0 aliphatic heterocycles. The second-order valence-electron chi connectivity index (χ2n) is 5.41. The Morgan fingerprint density at radius 1 is 0.692 bits per heavy atom. The van der Waals surface area contributed by atoms with Crippen molar-refractivity contribution in [2.75, 3.05) is 0 Å². The van der Waals surface area contributed by atoms with Gasteiger partial charge in [0.25, 0.3) is 0 Å². The Hall–Kier alpha value is -3.03. The Kier molecular flexibility index (Phi) is 5.87. The predicted molar refractivity (Wildman–Crippen MR) is 92.2 cm³/mol. The van der Waals surface area contributed by atoms with Crippen molar-refractivity contribution in [1.29, 1.82) is 0 Å². The van der Waals surface area contributed by atoms with Gasteiger partial charge in [-0.2, -0.15) is 0 Å². The summed E-state index contributed by atoms with van der Waals surface area (Å²) in [5.41, 5.74) is 2.92. The number of halogens is 4. The third kappa shape index (κ3) is 6.12. The standard InChI is InChI=1S/C18H14O3.BF4/c1-12-10-15(13-2-6-16(19)7-3-13)11-18(21-12)14-4-8-17(20)9-5-14;2-1(3,4)5/h2-11H,1H3,(H-,19,20);/q;-1/p+1. The van der Waals surface area contributed by atoms with Crippen LogP contribution < -0.4 is 0 Å². The summed E-state index contributed by atoms with van der Waals surface area (Å²) in [6, 6.07) is 17.9. The number of aryl methyl sites for hydroxylation is 1. The first-order valence-electron chi connectivity index (χ1n) is 7.53. The van der Waals surface area contributed by atoms with Crippen molar-refractivity contribution in [2.24, 2.45) is 0 Å². The summed E-state index contributed by atoms with van der Waals surface area (Å²) in [5, 5.41) is 18.7. The van der Waals surface area contributed by atoms with E-state index in [9.17, 15) is 27.5 Å². The lowest BCUT2D eigenvalue weighted by Gasteiger charge is -2.01. The van der Waals surface area contributed by atoms with Gasteiger partial charge in [0, 0.05) is 11.6 Å². The highest BCUT2D eigenvalue weighted by molar-refractivity contribution is 6.50. The minimum Gasteiger partial charge on any atom is -0.508 e. The Morgan fingerprint density at radius 3 is 1.58 bits per heavy atom. The molecule has 0 radical (unpaired) electrons. The van der Waals surface area contributed by atoms with Gasteiger partial charge in [-0.15, -0.1) is 0 Å². The lowest BCUT2D eigenvalue weighted by molar-refractivity contribution is 0.368. The highest BCUT2D eigenvalue weighted by Gasteiger charge is 2.20. The molecule has 26 heavy (non-hydrogen) atoms. The molecule has 0 spiro atoms. The molecule has 0 saturated carbocycles. The summed E-state index contributed by atoms with van der Waals surface area (Å²) in [6.07, 6.45) is 0. The zero-order valence-corrected chi connectivity index (χ0v) is 13.7. The zero-order chi connectivity index (χ0) is 19.3. The van der Waals surface area contributed by atoms with E-state index in [4.69, 9.17) is 4.42 Å². The molecule has 3 nitrogen and oxygen atoms in total. The number of phenols is 2. The number of rotatable bonds is 2. The van der Waals surface area contributed by atoms with E-state index in [0.29, 0.717) is 0 Å². The second kappa shape index (κ2) is 7.90. The average molecular weight is 366 g/mol. The third-order valence-electron chi connectivity index (χ3n) is 3.27.